The van der Waals surface area contributed by atoms with Crippen LogP contribution in [0.5, 0.6) is 11.5 Å². The predicted octanol–water partition coefficient (Wildman–Crippen LogP) is 4.38. The van der Waals surface area contributed by atoms with Gasteiger partial charge in [0.25, 0.3) is 5.91 Å². The summed E-state index contributed by atoms with van der Waals surface area (Å²) in [6.07, 6.45) is 1.82. The first-order valence-electron chi connectivity index (χ1n) is 11.1. The molecule has 0 bridgehead atoms. The van der Waals surface area contributed by atoms with Crippen LogP contribution in [0.1, 0.15) is 76.2 Å². The molecule has 6 heteroatoms. The van der Waals surface area contributed by atoms with E-state index in [1.807, 2.05) is 39.0 Å². The van der Waals surface area contributed by atoms with Crippen molar-refractivity contribution in [1.29, 1.82) is 0 Å². The van der Waals surface area contributed by atoms with E-state index in [2.05, 4.69) is 0 Å². The molecule has 166 valence electrons. The lowest BCUT2D eigenvalue weighted by Gasteiger charge is -2.44. The number of amides is 1. The number of ketones is 2. The minimum atomic E-state index is -0.554. The largest absolute Gasteiger partial charge is 0.487 e. The van der Waals surface area contributed by atoms with Crippen molar-refractivity contribution in [1.82, 2.24) is 4.90 Å². The Morgan fingerprint density at radius 3 is 2.25 bits per heavy atom. The van der Waals surface area contributed by atoms with Crippen LogP contribution in [0.4, 0.5) is 0 Å². The summed E-state index contributed by atoms with van der Waals surface area (Å²) in [4.78, 5) is 40.2. The molecule has 0 aromatic heterocycles. The molecule has 5 rings (SSSR count). The average Bonchev–Trinajstić information content (AvgIpc) is 2.73. The number of likely N-dealkylation sites (tertiary alicyclic amines) is 1. The van der Waals surface area contributed by atoms with Gasteiger partial charge in [0.05, 0.1) is 24.0 Å². The van der Waals surface area contributed by atoms with Crippen LogP contribution < -0.4 is 9.47 Å². The molecular weight excluding hydrogens is 406 g/mol. The van der Waals surface area contributed by atoms with Gasteiger partial charge in [-0.3, -0.25) is 14.4 Å². The SMILES string of the molecule is Cc1ccc2c(c1)C(=O)CC1(CCN(C(=O)c3ccc4c(c3)C(=O)CC(C)(C)O4)CC1)O2. The molecule has 6 nitrogen and oxygen atoms in total. The van der Waals surface area contributed by atoms with Gasteiger partial charge < -0.3 is 14.4 Å². The van der Waals surface area contributed by atoms with Crippen LogP contribution in [0.15, 0.2) is 36.4 Å². The van der Waals surface area contributed by atoms with E-state index in [1.165, 1.54) is 0 Å². The number of hydrogen-bond acceptors (Lipinski definition) is 5. The first-order chi connectivity index (χ1) is 15.1. The third-order valence-electron chi connectivity index (χ3n) is 6.71. The monoisotopic (exact) mass is 433 g/mol. The van der Waals surface area contributed by atoms with E-state index >= 15 is 0 Å². The zero-order valence-electron chi connectivity index (χ0n) is 18.7. The Hall–Kier alpha value is -3.15. The molecule has 0 unspecified atom stereocenters. The van der Waals surface area contributed by atoms with Gasteiger partial charge in [-0.15, -0.1) is 0 Å². The predicted molar refractivity (Wildman–Crippen MR) is 119 cm³/mol. The van der Waals surface area contributed by atoms with Crippen molar-refractivity contribution < 1.29 is 23.9 Å². The molecular formula is C26H27NO5. The maximum Gasteiger partial charge on any atom is 0.253 e. The van der Waals surface area contributed by atoms with E-state index in [9.17, 15) is 14.4 Å². The zero-order valence-corrected chi connectivity index (χ0v) is 18.7. The molecule has 2 aromatic rings. The number of fused-ring (bicyclic) bond motifs is 2. The van der Waals surface area contributed by atoms with Crippen molar-refractivity contribution in [2.24, 2.45) is 0 Å². The molecule has 0 aliphatic carbocycles. The van der Waals surface area contributed by atoms with Crippen LogP contribution in [0.2, 0.25) is 0 Å². The molecule has 1 amide bonds. The zero-order chi connectivity index (χ0) is 22.7. The molecule has 1 spiro atoms. The Labute approximate surface area is 187 Å². The number of nitrogens with zero attached hydrogens (tertiary/aromatic N) is 1. The number of carbonyl (C=O) groups excluding carboxylic acids is 3. The van der Waals surface area contributed by atoms with Crippen LogP contribution >= 0.6 is 0 Å². The van der Waals surface area contributed by atoms with E-state index in [1.54, 1.807) is 23.1 Å². The fourth-order valence-electron chi connectivity index (χ4n) is 4.97. The van der Waals surface area contributed by atoms with Crippen molar-refractivity contribution in [2.45, 2.75) is 57.7 Å². The summed E-state index contributed by atoms with van der Waals surface area (Å²) < 4.78 is 12.2. The van der Waals surface area contributed by atoms with Gasteiger partial charge in [-0.05, 0) is 51.1 Å². The molecule has 1 saturated heterocycles. The number of ether oxygens (including phenoxy) is 2. The molecule has 0 radical (unpaired) electrons. The molecule has 3 aliphatic rings. The number of benzene rings is 2. The molecule has 0 saturated carbocycles. The van der Waals surface area contributed by atoms with Gasteiger partial charge in [0.1, 0.15) is 22.7 Å². The van der Waals surface area contributed by atoms with Gasteiger partial charge in [0, 0.05) is 31.5 Å². The third kappa shape index (κ3) is 3.57. The quantitative estimate of drug-likeness (QED) is 0.667. The summed E-state index contributed by atoms with van der Waals surface area (Å²) in [5, 5.41) is 0. The molecule has 32 heavy (non-hydrogen) atoms. The lowest BCUT2D eigenvalue weighted by Crippen LogP contribution is -2.52. The van der Waals surface area contributed by atoms with E-state index in [4.69, 9.17) is 9.47 Å². The third-order valence-corrected chi connectivity index (χ3v) is 6.71. The minimum absolute atomic E-state index is 0.00785. The van der Waals surface area contributed by atoms with Gasteiger partial charge in [-0.1, -0.05) is 11.6 Å². The Balaban J connectivity index is 1.31. The molecule has 3 aliphatic heterocycles. The number of rotatable bonds is 1. The molecule has 0 atom stereocenters. The first-order valence-corrected chi connectivity index (χ1v) is 11.1. The number of hydrogen-bond donors (Lipinski definition) is 0. The van der Waals surface area contributed by atoms with Crippen molar-refractivity contribution in [2.75, 3.05) is 13.1 Å². The molecule has 0 N–H and O–H groups in total. The molecule has 2 aromatic carbocycles. The van der Waals surface area contributed by atoms with Gasteiger partial charge in [-0.2, -0.15) is 0 Å². The highest BCUT2D eigenvalue weighted by Gasteiger charge is 2.44. The smallest absolute Gasteiger partial charge is 0.253 e. The second-order valence-corrected chi connectivity index (χ2v) is 9.85. The van der Waals surface area contributed by atoms with Gasteiger partial charge in [0.2, 0.25) is 0 Å². The maximum atomic E-state index is 13.2. The number of piperidine rings is 1. The lowest BCUT2D eigenvalue weighted by molar-refractivity contribution is -0.00572. The van der Waals surface area contributed by atoms with Crippen LogP contribution in [0.25, 0.3) is 0 Å². The summed E-state index contributed by atoms with van der Waals surface area (Å²) in [7, 11) is 0. The lowest BCUT2D eigenvalue weighted by atomic mass is 9.82. The van der Waals surface area contributed by atoms with Crippen LogP contribution in [0.3, 0.4) is 0 Å². The first kappa shape index (κ1) is 20.7. The van der Waals surface area contributed by atoms with Crippen molar-refractivity contribution in [3.8, 4) is 11.5 Å². The van der Waals surface area contributed by atoms with Gasteiger partial charge in [0.15, 0.2) is 11.6 Å². The molecule has 1 fully saturated rings. The van der Waals surface area contributed by atoms with Crippen molar-refractivity contribution >= 4 is 17.5 Å². The summed E-state index contributed by atoms with van der Waals surface area (Å²) >= 11 is 0. The summed E-state index contributed by atoms with van der Waals surface area (Å²) in [6, 6.07) is 10.8. The average molecular weight is 434 g/mol. The van der Waals surface area contributed by atoms with E-state index < -0.39 is 11.2 Å². The second-order valence-electron chi connectivity index (χ2n) is 9.85. The topological polar surface area (TPSA) is 72.9 Å². The maximum absolute atomic E-state index is 13.2. The van der Waals surface area contributed by atoms with Crippen molar-refractivity contribution in [3.63, 3.8) is 0 Å². The molecule has 3 heterocycles. The summed E-state index contributed by atoms with van der Waals surface area (Å²) in [5.41, 5.74) is 1.55. The standard InChI is InChI=1S/C26H27NO5/c1-16-4-6-23-18(12-16)21(29)15-26(32-23)8-10-27(11-9-26)24(30)17-5-7-22-19(13-17)20(28)14-25(2,3)31-22/h4-7,12-13H,8-11,14-15H2,1-3H3. The Morgan fingerprint density at radius 2 is 1.50 bits per heavy atom. The number of Topliss-reactive ketones (excluding diaryl/α,β-unsaturated/α-hetero) is 2. The van der Waals surface area contributed by atoms with E-state index in [0.717, 1.165) is 5.56 Å². The Kier molecular flexibility index (Phi) is 4.66. The van der Waals surface area contributed by atoms with Gasteiger partial charge in [-0.25, -0.2) is 0 Å². The highest BCUT2D eigenvalue weighted by atomic mass is 16.5. The van der Waals surface area contributed by atoms with Crippen LogP contribution in [-0.2, 0) is 0 Å². The number of aryl methyl sites for hydroxylation is 1. The fourth-order valence-corrected chi connectivity index (χ4v) is 4.97. The van der Waals surface area contributed by atoms with Crippen LogP contribution in [-0.4, -0.2) is 46.7 Å². The van der Waals surface area contributed by atoms with Crippen LogP contribution in [0, 0.1) is 6.92 Å². The Bertz CT molecular complexity index is 1140. The Morgan fingerprint density at radius 1 is 0.875 bits per heavy atom. The normalized spacial score (nSPS) is 20.8. The summed E-state index contributed by atoms with van der Waals surface area (Å²) in [6.45, 7) is 6.73. The second kappa shape index (κ2) is 7.19. The van der Waals surface area contributed by atoms with E-state index in [0.29, 0.717) is 60.5 Å². The summed E-state index contributed by atoms with van der Waals surface area (Å²) in [5.74, 6) is 1.15. The minimum Gasteiger partial charge on any atom is -0.487 e. The van der Waals surface area contributed by atoms with Gasteiger partial charge >= 0.3 is 0 Å². The van der Waals surface area contributed by atoms with E-state index in [-0.39, 0.29) is 23.9 Å². The fraction of sp³-hybridized carbons (Fsp3) is 0.423. The highest BCUT2D eigenvalue weighted by molar-refractivity contribution is 6.04. The van der Waals surface area contributed by atoms with Crippen molar-refractivity contribution in [3.05, 3.63) is 58.7 Å². The highest BCUT2D eigenvalue weighted by Crippen LogP contribution is 2.40. The number of carbonyl (C=O) groups is 3.